The van der Waals surface area contributed by atoms with E-state index in [4.69, 9.17) is 18.2 Å². The van der Waals surface area contributed by atoms with Crippen molar-refractivity contribution in [3.05, 3.63) is 29.8 Å². The van der Waals surface area contributed by atoms with Crippen molar-refractivity contribution >= 4 is 17.7 Å². The van der Waals surface area contributed by atoms with Crippen LogP contribution in [0.1, 0.15) is 5.56 Å². The Morgan fingerprint density at radius 2 is 2.40 bits per heavy atom. The Kier molecular flexibility index (Phi) is 5.81. The molecule has 1 aromatic heterocycles. The predicted octanol–water partition coefficient (Wildman–Crippen LogP) is -1.62. The Bertz CT molecular complexity index is 227. The largest absolute Gasteiger partial charge is 1.00 e. The molecule has 0 bridgehead atoms. The van der Waals surface area contributed by atoms with E-state index in [-0.39, 0.29) is 51.4 Å². The van der Waals surface area contributed by atoms with Gasteiger partial charge in [0.2, 0.25) is 0 Å². The summed E-state index contributed by atoms with van der Waals surface area (Å²) in [6, 6.07) is 0. The average Bonchev–Trinajstić information content (AvgIpc) is 1.89. The van der Waals surface area contributed by atoms with E-state index < -0.39 is 0 Å². The standard InChI is InChI=1S/C6H3ClN2.K/c1-2-5-3-8-4-9-6(5)7;/h1-2,4H;/q-2;+1. The summed E-state index contributed by atoms with van der Waals surface area (Å²) >= 11 is 5.53. The summed E-state index contributed by atoms with van der Waals surface area (Å²) in [5.41, 5.74) is 0.527. The third-order valence-electron chi connectivity index (χ3n) is 0.803. The number of rotatable bonds is 1. The SMILES string of the molecule is [CH-]=Cc1[c-]ncnc1Cl.[K+]. The van der Waals surface area contributed by atoms with Gasteiger partial charge in [-0.2, -0.15) is 0 Å². The number of nitrogens with zero attached hydrogens (tertiary/aromatic N) is 2. The first-order valence-electron chi connectivity index (χ1n) is 2.27. The first kappa shape index (κ1) is 10.7. The molecule has 1 heterocycles. The van der Waals surface area contributed by atoms with Crippen LogP contribution in [0.2, 0.25) is 5.15 Å². The fourth-order valence-corrected chi connectivity index (χ4v) is 0.549. The Labute approximate surface area is 107 Å². The van der Waals surface area contributed by atoms with Crippen molar-refractivity contribution in [2.75, 3.05) is 0 Å². The fraction of sp³-hybridized carbons (Fsp3) is 0. The molecule has 0 saturated carbocycles. The van der Waals surface area contributed by atoms with E-state index in [0.717, 1.165) is 0 Å². The first-order chi connectivity index (χ1) is 4.34. The van der Waals surface area contributed by atoms with Gasteiger partial charge in [0.1, 0.15) is 0 Å². The monoisotopic (exact) mass is 177 g/mol. The van der Waals surface area contributed by atoms with E-state index >= 15 is 0 Å². The van der Waals surface area contributed by atoms with E-state index in [1.807, 2.05) is 0 Å². The van der Waals surface area contributed by atoms with Gasteiger partial charge in [0.15, 0.2) is 0 Å². The molecule has 0 radical (unpaired) electrons. The maximum atomic E-state index is 5.53. The second-order valence-electron chi connectivity index (χ2n) is 1.36. The maximum Gasteiger partial charge on any atom is 1.00 e. The third-order valence-corrected chi connectivity index (χ3v) is 1.10. The van der Waals surface area contributed by atoms with Gasteiger partial charge in [0.25, 0.3) is 0 Å². The van der Waals surface area contributed by atoms with E-state index in [9.17, 15) is 0 Å². The summed E-state index contributed by atoms with van der Waals surface area (Å²) in [5.74, 6) is 0. The van der Waals surface area contributed by atoms with Gasteiger partial charge in [-0.05, 0) is 5.15 Å². The molecule has 0 spiro atoms. The van der Waals surface area contributed by atoms with Crippen molar-refractivity contribution < 1.29 is 51.4 Å². The normalized spacial score (nSPS) is 8.10. The smallest absolute Gasteiger partial charge is 0.362 e. The van der Waals surface area contributed by atoms with Gasteiger partial charge in [-0.15, -0.1) is 17.8 Å². The Hall–Kier alpha value is 0.746. The molecule has 0 aliphatic heterocycles. The molecule has 10 heavy (non-hydrogen) atoms. The van der Waals surface area contributed by atoms with Crippen LogP contribution in [-0.4, -0.2) is 9.97 Å². The van der Waals surface area contributed by atoms with Gasteiger partial charge in [0, 0.05) is 6.33 Å². The minimum absolute atomic E-state index is 0. The van der Waals surface area contributed by atoms with Crippen molar-refractivity contribution in [3.8, 4) is 0 Å². The van der Waals surface area contributed by atoms with Crippen LogP contribution in [0.3, 0.4) is 0 Å². The molecule has 0 aliphatic rings. The van der Waals surface area contributed by atoms with Crippen molar-refractivity contribution in [3.63, 3.8) is 0 Å². The van der Waals surface area contributed by atoms with Gasteiger partial charge in [-0.1, -0.05) is 0 Å². The van der Waals surface area contributed by atoms with Crippen LogP contribution in [0.5, 0.6) is 0 Å². The summed E-state index contributed by atoms with van der Waals surface area (Å²) in [6.45, 7) is 5.13. The van der Waals surface area contributed by atoms with Crippen molar-refractivity contribution in [1.29, 1.82) is 0 Å². The molecule has 0 atom stereocenters. The second-order valence-corrected chi connectivity index (χ2v) is 1.71. The quantitative estimate of drug-likeness (QED) is 0.293. The van der Waals surface area contributed by atoms with E-state index in [1.165, 1.54) is 12.4 Å². The minimum Gasteiger partial charge on any atom is -0.362 e. The second kappa shape index (κ2) is 5.40. The van der Waals surface area contributed by atoms with Crippen LogP contribution >= 0.6 is 11.6 Å². The molecule has 0 unspecified atom stereocenters. The minimum atomic E-state index is 0. The Balaban J connectivity index is 0.000000810. The number of hydrogen-bond acceptors (Lipinski definition) is 2. The summed E-state index contributed by atoms with van der Waals surface area (Å²) < 4.78 is 0. The van der Waals surface area contributed by atoms with Gasteiger partial charge < -0.3 is 22.6 Å². The zero-order chi connectivity index (χ0) is 6.69. The van der Waals surface area contributed by atoms with Crippen LogP contribution < -0.4 is 51.4 Å². The molecule has 0 aromatic carbocycles. The van der Waals surface area contributed by atoms with E-state index in [2.05, 4.69) is 16.2 Å². The van der Waals surface area contributed by atoms with Crippen molar-refractivity contribution in [1.82, 2.24) is 9.97 Å². The summed E-state index contributed by atoms with van der Waals surface area (Å²) in [4.78, 5) is 7.25. The van der Waals surface area contributed by atoms with Crippen LogP contribution in [0.15, 0.2) is 6.33 Å². The van der Waals surface area contributed by atoms with E-state index in [1.54, 1.807) is 0 Å². The Morgan fingerprint density at radius 1 is 1.70 bits per heavy atom. The molecular formula is C6H3ClKN2-. The van der Waals surface area contributed by atoms with Gasteiger partial charge in [-0.3, -0.25) is 0 Å². The van der Waals surface area contributed by atoms with Gasteiger partial charge in [-0.25, -0.2) is 5.56 Å². The molecule has 0 aliphatic carbocycles. The zero-order valence-electron chi connectivity index (χ0n) is 5.50. The molecule has 2 nitrogen and oxygen atoms in total. The van der Waals surface area contributed by atoms with Crippen LogP contribution in [0.25, 0.3) is 6.08 Å². The van der Waals surface area contributed by atoms with E-state index in [0.29, 0.717) is 10.7 Å². The van der Waals surface area contributed by atoms with Crippen LogP contribution in [-0.2, 0) is 0 Å². The van der Waals surface area contributed by atoms with Crippen LogP contribution in [0.4, 0.5) is 0 Å². The Morgan fingerprint density at radius 3 is 2.80 bits per heavy atom. The first-order valence-corrected chi connectivity index (χ1v) is 2.65. The number of aromatic nitrogens is 2. The topological polar surface area (TPSA) is 25.8 Å². The molecule has 46 valence electrons. The van der Waals surface area contributed by atoms with Crippen molar-refractivity contribution in [2.24, 2.45) is 0 Å². The fourth-order valence-electron chi connectivity index (χ4n) is 0.400. The zero-order valence-corrected chi connectivity index (χ0v) is 9.38. The molecule has 0 amide bonds. The average molecular weight is 178 g/mol. The summed E-state index contributed by atoms with van der Waals surface area (Å²) in [6.07, 6.45) is 5.18. The van der Waals surface area contributed by atoms with Gasteiger partial charge in [0.05, 0.1) is 0 Å². The number of halogens is 1. The molecule has 0 N–H and O–H groups in total. The third kappa shape index (κ3) is 2.78. The molecule has 4 heteroatoms. The molecule has 0 fully saturated rings. The molecule has 0 saturated heterocycles. The summed E-state index contributed by atoms with van der Waals surface area (Å²) in [5, 5.41) is 0.326. The number of hydrogen-bond donors (Lipinski definition) is 0. The van der Waals surface area contributed by atoms with Crippen LogP contribution in [0, 0.1) is 12.8 Å². The maximum absolute atomic E-state index is 5.53. The van der Waals surface area contributed by atoms with Gasteiger partial charge >= 0.3 is 51.4 Å². The predicted molar refractivity (Wildman–Crippen MR) is 34.6 cm³/mol. The molecule has 1 rings (SSSR count). The molecule has 1 aromatic rings. The molecular weight excluding hydrogens is 175 g/mol. The van der Waals surface area contributed by atoms with Crippen molar-refractivity contribution in [2.45, 2.75) is 0 Å². The summed E-state index contributed by atoms with van der Waals surface area (Å²) in [7, 11) is 0.